The second kappa shape index (κ2) is 6.81. The van der Waals surface area contributed by atoms with Crippen molar-refractivity contribution in [2.24, 2.45) is 0 Å². The predicted octanol–water partition coefficient (Wildman–Crippen LogP) is 3.80. The maximum Gasteiger partial charge on any atom is 0.265 e. The highest BCUT2D eigenvalue weighted by Gasteiger charge is 2.33. The number of nitrogens with zero attached hydrogens (tertiary/aromatic N) is 1. The van der Waals surface area contributed by atoms with Gasteiger partial charge in [-0.15, -0.1) is 0 Å². The van der Waals surface area contributed by atoms with Crippen molar-refractivity contribution in [2.75, 3.05) is 4.31 Å². The molecule has 0 radical (unpaired) electrons. The van der Waals surface area contributed by atoms with Crippen LogP contribution in [0.5, 0.6) is 0 Å². The zero-order valence-electron chi connectivity index (χ0n) is 11.6. The molecule has 22 heavy (non-hydrogen) atoms. The first-order valence-corrected chi connectivity index (χ1v) is 9.00. The molecule has 0 bridgehead atoms. The van der Waals surface area contributed by atoms with E-state index in [-0.39, 0.29) is 4.90 Å². The molecule has 2 aromatic rings. The highest BCUT2D eigenvalue weighted by molar-refractivity contribution is 9.10. The third-order valence-corrected chi connectivity index (χ3v) is 5.96. The van der Waals surface area contributed by atoms with E-state index in [1.54, 1.807) is 42.5 Å². The van der Waals surface area contributed by atoms with Gasteiger partial charge in [-0.1, -0.05) is 30.3 Å². The van der Waals surface area contributed by atoms with Crippen LogP contribution in [0.3, 0.4) is 0 Å². The van der Waals surface area contributed by atoms with Gasteiger partial charge in [-0.2, -0.15) is 0 Å². The van der Waals surface area contributed by atoms with Crippen molar-refractivity contribution in [2.45, 2.75) is 17.9 Å². The van der Waals surface area contributed by atoms with E-state index in [0.717, 1.165) is 4.31 Å². The van der Waals surface area contributed by atoms with Gasteiger partial charge in [0.1, 0.15) is 6.04 Å². The molecule has 116 valence electrons. The van der Waals surface area contributed by atoms with Gasteiger partial charge in [-0.3, -0.25) is 9.10 Å². The number of hydrogen-bond donors (Lipinski definition) is 0. The Kier molecular flexibility index (Phi) is 5.26. The van der Waals surface area contributed by atoms with E-state index >= 15 is 0 Å². The first-order valence-electron chi connectivity index (χ1n) is 6.39. The van der Waals surface area contributed by atoms with E-state index in [0.29, 0.717) is 10.2 Å². The number of carbonyl (C=O) groups excluding carboxylic acids is 1. The van der Waals surface area contributed by atoms with Crippen molar-refractivity contribution < 1.29 is 13.2 Å². The number of halogens is 2. The Balaban J connectivity index is 2.65. The zero-order valence-corrected chi connectivity index (χ0v) is 14.8. The lowest BCUT2D eigenvalue weighted by Crippen LogP contribution is -2.42. The van der Waals surface area contributed by atoms with Gasteiger partial charge in [0.05, 0.1) is 10.6 Å². The average molecular weight is 403 g/mol. The highest BCUT2D eigenvalue weighted by Crippen LogP contribution is 2.32. The Bertz CT molecular complexity index is 780. The lowest BCUT2D eigenvalue weighted by Gasteiger charge is -2.29. The maximum absolute atomic E-state index is 12.9. The SMILES string of the molecule is CC(C(=O)Cl)N(c1ccccc1Br)S(=O)(=O)c1ccccc1. The lowest BCUT2D eigenvalue weighted by molar-refractivity contribution is -0.112. The fourth-order valence-corrected chi connectivity index (χ4v) is 4.38. The highest BCUT2D eigenvalue weighted by atomic mass is 79.9. The smallest absolute Gasteiger partial charge is 0.265 e. The van der Waals surface area contributed by atoms with Crippen molar-refractivity contribution in [3.63, 3.8) is 0 Å². The number of benzene rings is 2. The van der Waals surface area contributed by atoms with Crippen molar-refractivity contribution in [1.29, 1.82) is 0 Å². The van der Waals surface area contributed by atoms with Crippen LogP contribution in [0.2, 0.25) is 0 Å². The van der Waals surface area contributed by atoms with Gasteiger partial charge >= 0.3 is 0 Å². The van der Waals surface area contributed by atoms with Gasteiger partial charge in [0.2, 0.25) is 5.24 Å². The Morgan fingerprint density at radius 2 is 1.64 bits per heavy atom. The molecule has 0 N–H and O–H groups in total. The normalized spacial score (nSPS) is 12.7. The molecule has 7 heteroatoms. The third-order valence-electron chi connectivity index (χ3n) is 3.07. The molecule has 0 aliphatic rings. The van der Waals surface area contributed by atoms with E-state index in [2.05, 4.69) is 15.9 Å². The van der Waals surface area contributed by atoms with Gasteiger partial charge in [0.15, 0.2) is 0 Å². The van der Waals surface area contributed by atoms with Crippen LogP contribution >= 0.6 is 27.5 Å². The summed E-state index contributed by atoms with van der Waals surface area (Å²) in [5, 5.41) is -0.754. The topological polar surface area (TPSA) is 54.5 Å². The number of anilines is 1. The fourth-order valence-electron chi connectivity index (χ4n) is 1.97. The molecule has 2 aromatic carbocycles. The minimum absolute atomic E-state index is 0.0931. The monoisotopic (exact) mass is 401 g/mol. The van der Waals surface area contributed by atoms with Crippen molar-refractivity contribution in [3.8, 4) is 0 Å². The van der Waals surface area contributed by atoms with Gasteiger partial charge in [-0.05, 0) is 58.7 Å². The number of sulfonamides is 1. The molecular weight excluding hydrogens is 390 g/mol. The molecule has 4 nitrogen and oxygen atoms in total. The summed E-state index contributed by atoms with van der Waals surface area (Å²) in [6, 6.07) is 13.7. The molecule has 1 atom stereocenters. The van der Waals surface area contributed by atoms with Gasteiger partial charge in [-0.25, -0.2) is 8.42 Å². The van der Waals surface area contributed by atoms with Crippen LogP contribution in [0.15, 0.2) is 64.0 Å². The minimum atomic E-state index is -3.92. The van der Waals surface area contributed by atoms with E-state index in [4.69, 9.17) is 11.6 Å². The number of carbonyl (C=O) groups is 1. The summed E-state index contributed by atoms with van der Waals surface area (Å²) in [6.45, 7) is 1.45. The summed E-state index contributed by atoms with van der Waals surface area (Å²) >= 11 is 8.88. The van der Waals surface area contributed by atoms with E-state index < -0.39 is 21.3 Å². The van der Waals surface area contributed by atoms with E-state index in [1.165, 1.54) is 19.1 Å². The summed E-state index contributed by atoms with van der Waals surface area (Å²) in [6.07, 6.45) is 0. The van der Waals surface area contributed by atoms with Crippen LogP contribution in [-0.4, -0.2) is 19.7 Å². The Labute approximate surface area is 142 Å². The fraction of sp³-hybridized carbons (Fsp3) is 0.133. The van der Waals surface area contributed by atoms with Crippen molar-refractivity contribution in [3.05, 3.63) is 59.1 Å². The average Bonchev–Trinajstić information content (AvgIpc) is 2.50. The van der Waals surface area contributed by atoms with Crippen LogP contribution in [0.4, 0.5) is 5.69 Å². The molecule has 0 saturated carbocycles. The van der Waals surface area contributed by atoms with E-state index in [1.807, 2.05) is 0 Å². The molecule has 0 saturated heterocycles. The Morgan fingerprint density at radius 3 is 2.18 bits per heavy atom. The predicted molar refractivity (Wildman–Crippen MR) is 90.6 cm³/mol. The zero-order chi connectivity index (χ0) is 16.3. The molecule has 0 aliphatic heterocycles. The summed E-state index contributed by atoms with van der Waals surface area (Å²) in [5.41, 5.74) is 0.354. The molecule has 0 amide bonds. The quantitative estimate of drug-likeness (QED) is 0.715. The van der Waals surface area contributed by atoms with Gasteiger partial charge in [0, 0.05) is 4.47 Å². The molecule has 0 aromatic heterocycles. The van der Waals surface area contributed by atoms with Gasteiger partial charge in [0.25, 0.3) is 10.0 Å². The molecule has 0 fully saturated rings. The first kappa shape index (κ1) is 17.0. The van der Waals surface area contributed by atoms with Gasteiger partial charge < -0.3 is 0 Å². The van der Waals surface area contributed by atoms with E-state index in [9.17, 15) is 13.2 Å². The van der Waals surface area contributed by atoms with Crippen LogP contribution in [0.1, 0.15) is 6.92 Å². The molecular formula is C15H13BrClNO3S. The lowest BCUT2D eigenvalue weighted by atomic mass is 10.3. The summed E-state index contributed by atoms with van der Waals surface area (Å²) in [5.74, 6) is 0. The molecule has 1 unspecified atom stereocenters. The van der Waals surface area contributed by atoms with Crippen LogP contribution in [0.25, 0.3) is 0 Å². The first-order chi connectivity index (χ1) is 10.4. The summed E-state index contributed by atoms with van der Waals surface area (Å²) in [4.78, 5) is 11.7. The molecule has 2 rings (SSSR count). The third kappa shape index (κ3) is 3.34. The van der Waals surface area contributed by atoms with Crippen LogP contribution in [-0.2, 0) is 14.8 Å². The number of para-hydroxylation sites is 1. The second-order valence-corrected chi connectivity index (χ2v) is 7.59. The maximum atomic E-state index is 12.9. The van der Waals surface area contributed by atoms with Crippen molar-refractivity contribution >= 4 is 48.5 Å². The molecule has 0 heterocycles. The molecule has 0 spiro atoms. The number of hydrogen-bond acceptors (Lipinski definition) is 3. The summed E-state index contributed by atoms with van der Waals surface area (Å²) in [7, 11) is -3.92. The second-order valence-electron chi connectivity index (χ2n) is 4.55. The number of rotatable bonds is 5. The Hall–Kier alpha value is -1.37. The van der Waals surface area contributed by atoms with Crippen LogP contribution < -0.4 is 4.31 Å². The standard InChI is InChI=1S/C15H13BrClNO3S/c1-11(15(17)19)18(14-10-6-5-9-13(14)16)22(20,21)12-7-3-2-4-8-12/h2-11H,1H3. The largest absolute Gasteiger partial charge is 0.279 e. The Morgan fingerprint density at radius 1 is 1.09 bits per heavy atom. The molecule has 0 aliphatic carbocycles. The van der Waals surface area contributed by atoms with Crippen molar-refractivity contribution in [1.82, 2.24) is 0 Å². The summed E-state index contributed by atoms with van der Waals surface area (Å²) < 4.78 is 27.4. The minimum Gasteiger partial charge on any atom is -0.279 e. The van der Waals surface area contributed by atoms with Crippen LogP contribution in [0, 0.1) is 0 Å².